The maximum absolute atomic E-state index is 12.1. The Bertz CT molecular complexity index is 416. The van der Waals surface area contributed by atoms with Crippen molar-refractivity contribution in [3.8, 4) is 0 Å². The van der Waals surface area contributed by atoms with Gasteiger partial charge in [-0.3, -0.25) is 9.48 Å². The van der Waals surface area contributed by atoms with Crippen LogP contribution in [0.2, 0.25) is 0 Å². The van der Waals surface area contributed by atoms with Crippen LogP contribution in [-0.4, -0.2) is 26.6 Å². The van der Waals surface area contributed by atoms with E-state index in [2.05, 4.69) is 26.3 Å². The molecule has 0 aliphatic heterocycles. The molecule has 0 saturated heterocycles. The zero-order valence-electron chi connectivity index (χ0n) is 10.2. The minimum atomic E-state index is -0.0237. The molecule has 0 aromatic carbocycles. The van der Waals surface area contributed by atoms with Crippen LogP contribution >= 0.6 is 15.9 Å². The highest BCUT2D eigenvalue weighted by atomic mass is 79.9. The molecule has 1 aliphatic carbocycles. The Morgan fingerprint density at radius 3 is 2.82 bits per heavy atom. The highest BCUT2D eigenvalue weighted by Crippen LogP contribution is 2.24. The van der Waals surface area contributed by atoms with Gasteiger partial charge in [-0.15, -0.1) is 0 Å². The van der Waals surface area contributed by atoms with Gasteiger partial charge in [0.2, 0.25) is 0 Å². The second-order valence-corrected chi connectivity index (χ2v) is 5.85. The summed E-state index contributed by atoms with van der Waals surface area (Å²) in [6.45, 7) is 1.89. The molecule has 17 heavy (non-hydrogen) atoms. The van der Waals surface area contributed by atoms with Crippen LogP contribution in [0, 0.1) is 6.92 Å². The third-order valence-electron chi connectivity index (χ3n) is 3.23. The SMILES string of the molecule is Cc1cc(C(=O)NC2CCCCC2Br)n(C)n1. The first-order valence-corrected chi connectivity index (χ1v) is 6.95. The number of rotatable bonds is 2. The van der Waals surface area contributed by atoms with Gasteiger partial charge in [0.15, 0.2) is 0 Å². The first-order chi connectivity index (χ1) is 8.08. The molecule has 1 aromatic heterocycles. The molecule has 1 heterocycles. The normalized spacial score (nSPS) is 24.6. The average Bonchev–Trinajstić information content (AvgIpc) is 2.61. The lowest BCUT2D eigenvalue weighted by Gasteiger charge is -2.28. The Kier molecular flexibility index (Phi) is 3.86. The molecule has 94 valence electrons. The molecule has 1 fully saturated rings. The van der Waals surface area contributed by atoms with Crippen molar-refractivity contribution in [1.29, 1.82) is 0 Å². The molecule has 1 saturated carbocycles. The maximum atomic E-state index is 12.1. The van der Waals surface area contributed by atoms with Crippen molar-refractivity contribution in [1.82, 2.24) is 15.1 Å². The minimum Gasteiger partial charge on any atom is -0.347 e. The Morgan fingerprint density at radius 2 is 2.24 bits per heavy atom. The number of carbonyl (C=O) groups excluding carboxylic acids is 1. The fourth-order valence-corrected chi connectivity index (χ4v) is 3.03. The number of halogens is 1. The highest BCUT2D eigenvalue weighted by molar-refractivity contribution is 9.09. The van der Waals surface area contributed by atoms with Gasteiger partial charge in [0, 0.05) is 17.9 Å². The number of hydrogen-bond donors (Lipinski definition) is 1. The van der Waals surface area contributed by atoms with E-state index in [1.807, 2.05) is 13.0 Å². The van der Waals surface area contributed by atoms with Crippen LogP contribution < -0.4 is 5.32 Å². The Balaban J connectivity index is 2.03. The van der Waals surface area contributed by atoms with Crippen LogP contribution in [0.4, 0.5) is 0 Å². The summed E-state index contributed by atoms with van der Waals surface area (Å²) in [4.78, 5) is 12.5. The lowest BCUT2D eigenvalue weighted by molar-refractivity contribution is 0.0920. The van der Waals surface area contributed by atoms with Crippen molar-refractivity contribution in [2.45, 2.75) is 43.5 Å². The number of nitrogens with one attached hydrogen (secondary N) is 1. The van der Waals surface area contributed by atoms with E-state index in [1.165, 1.54) is 12.8 Å². The summed E-state index contributed by atoms with van der Waals surface area (Å²) >= 11 is 3.64. The second-order valence-electron chi connectivity index (χ2n) is 4.67. The van der Waals surface area contributed by atoms with Crippen LogP contribution in [0.1, 0.15) is 41.9 Å². The molecule has 2 unspecified atom stereocenters. The number of hydrogen-bond acceptors (Lipinski definition) is 2. The lowest BCUT2D eigenvalue weighted by Crippen LogP contribution is -2.43. The smallest absolute Gasteiger partial charge is 0.269 e. The Morgan fingerprint density at radius 1 is 1.53 bits per heavy atom. The molecule has 1 aromatic rings. The molecule has 1 aliphatic rings. The molecule has 0 bridgehead atoms. The highest BCUT2D eigenvalue weighted by Gasteiger charge is 2.25. The van der Waals surface area contributed by atoms with E-state index in [9.17, 15) is 4.79 Å². The third-order valence-corrected chi connectivity index (χ3v) is 4.33. The first-order valence-electron chi connectivity index (χ1n) is 6.03. The van der Waals surface area contributed by atoms with E-state index in [0.29, 0.717) is 10.5 Å². The second kappa shape index (κ2) is 5.21. The van der Waals surface area contributed by atoms with Gasteiger partial charge in [0.1, 0.15) is 5.69 Å². The summed E-state index contributed by atoms with van der Waals surface area (Å²) in [5, 5.41) is 7.28. The zero-order chi connectivity index (χ0) is 12.4. The summed E-state index contributed by atoms with van der Waals surface area (Å²) in [5.41, 5.74) is 1.50. The predicted molar refractivity (Wildman–Crippen MR) is 70.4 cm³/mol. The van der Waals surface area contributed by atoms with Crippen LogP contribution in [0.3, 0.4) is 0 Å². The van der Waals surface area contributed by atoms with Crippen molar-refractivity contribution < 1.29 is 4.79 Å². The number of aryl methyl sites for hydroxylation is 2. The maximum Gasteiger partial charge on any atom is 0.269 e. The summed E-state index contributed by atoms with van der Waals surface area (Å²) < 4.78 is 1.64. The van der Waals surface area contributed by atoms with Crippen LogP contribution in [-0.2, 0) is 7.05 Å². The van der Waals surface area contributed by atoms with E-state index in [4.69, 9.17) is 0 Å². The first kappa shape index (κ1) is 12.6. The molecule has 0 spiro atoms. The van der Waals surface area contributed by atoms with Crippen LogP contribution in [0.25, 0.3) is 0 Å². The van der Waals surface area contributed by atoms with Gasteiger partial charge in [-0.2, -0.15) is 5.10 Å². The minimum absolute atomic E-state index is 0.0237. The summed E-state index contributed by atoms with van der Waals surface area (Å²) in [7, 11) is 1.80. The van der Waals surface area contributed by atoms with Gasteiger partial charge in [-0.1, -0.05) is 28.8 Å². The van der Waals surface area contributed by atoms with Gasteiger partial charge in [-0.05, 0) is 25.8 Å². The molecule has 1 amide bonds. The van der Waals surface area contributed by atoms with E-state index in [0.717, 1.165) is 18.5 Å². The number of aromatic nitrogens is 2. The predicted octanol–water partition coefficient (Wildman–Crippen LogP) is 2.16. The average molecular weight is 300 g/mol. The largest absolute Gasteiger partial charge is 0.347 e. The molecule has 1 N–H and O–H groups in total. The third kappa shape index (κ3) is 2.89. The molecular weight excluding hydrogens is 282 g/mol. The van der Waals surface area contributed by atoms with E-state index < -0.39 is 0 Å². The Labute approximate surface area is 110 Å². The topological polar surface area (TPSA) is 46.9 Å². The van der Waals surface area contributed by atoms with Crippen molar-refractivity contribution in [3.05, 3.63) is 17.5 Å². The van der Waals surface area contributed by atoms with Crippen molar-refractivity contribution in [2.24, 2.45) is 7.05 Å². The molecule has 5 heteroatoms. The quantitative estimate of drug-likeness (QED) is 0.851. The number of nitrogens with zero attached hydrogens (tertiary/aromatic N) is 2. The summed E-state index contributed by atoms with van der Waals surface area (Å²) in [6, 6.07) is 2.06. The molecule has 0 radical (unpaired) electrons. The zero-order valence-corrected chi connectivity index (χ0v) is 11.8. The fraction of sp³-hybridized carbons (Fsp3) is 0.667. The summed E-state index contributed by atoms with van der Waals surface area (Å²) in [6.07, 6.45) is 4.62. The van der Waals surface area contributed by atoms with Gasteiger partial charge in [0.25, 0.3) is 5.91 Å². The molecular formula is C12H18BrN3O. The number of carbonyl (C=O) groups is 1. The lowest BCUT2D eigenvalue weighted by atomic mass is 9.95. The van der Waals surface area contributed by atoms with Gasteiger partial charge >= 0.3 is 0 Å². The Hall–Kier alpha value is -0.840. The monoisotopic (exact) mass is 299 g/mol. The van der Waals surface area contributed by atoms with Gasteiger partial charge < -0.3 is 5.32 Å². The molecule has 4 nitrogen and oxygen atoms in total. The van der Waals surface area contributed by atoms with Crippen LogP contribution in [0.5, 0.6) is 0 Å². The van der Waals surface area contributed by atoms with Crippen molar-refractivity contribution in [3.63, 3.8) is 0 Å². The van der Waals surface area contributed by atoms with E-state index in [1.54, 1.807) is 11.7 Å². The standard InChI is InChI=1S/C12H18BrN3O/c1-8-7-11(16(2)15-8)12(17)14-10-6-4-3-5-9(10)13/h7,9-10H,3-6H2,1-2H3,(H,14,17). The number of alkyl halides is 1. The van der Waals surface area contributed by atoms with Gasteiger partial charge in [-0.25, -0.2) is 0 Å². The van der Waals surface area contributed by atoms with E-state index >= 15 is 0 Å². The van der Waals surface area contributed by atoms with Gasteiger partial charge in [0.05, 0.1) is 5.69 Å². The number of amides is 1. The van der Waals surface area contributed by atoms with Crippen molar-refractivity contribution in [2.75, 3.05) is 0 Å². The summed E-state index contributed by atoms with van der Waals surface area (Å²) in [5.74, 6) is -0.0237. The molecule has 2 atom stereocenters. The fourth-order valence-electron chi connectivity index (χ4n) is 2.31. The van der Waals surface area contributed by atoms with Crippen molar-refractivity contribution >= 4 is 21.8 Å². The van der Waals surface area contributed by atoms with E-state index in [-0.39, 0.29) is 11.9 Å². The van der Waals surface area contributed by atoms with Crippen LogP contribution in [0.15, 0.2) is 6.07 Å². The molecule has 2 rings (SSSR count).